The number of halogens is 1. The molecule has 3 aromatic rings. The minimum absolute atomic E-state index is 0.0612. The van der Waals surface area contributed by atoms with Gasteiger partial charge in [-0.2, -0.15) is 0 Å². The second kappa shape index (κ2) is 15.5. The standard InChI is InChI=1S/C39H55ClN6O7Si/c1-23-33(32-24(2)43-52-25(32)3)41-34(42-35(23)45-17-26-19-46(37(48)49-11)20-27(26)18-45)30-16-28(14-15-31(30)40)50-22-29(53-54(12,13)39(7,8)9)21-44(10)36(47)51-38(4,5)6/h14-16,29H,17-22H2,1-13H3/t29-/m1/s1. The zero-order chi connectivity index (χ0) is 39.9. The van der Waals surface area contributed by atoms with Gasteiger partial charge < -0.3 is 37.9 Å². The van der Waals surface area contributed by atoms with Gasteiger partial charge in [0, 0.05) is 44.4 Å². The lowest BCUT2D eigenvalue weighted by Crippen LogP contribution is -2.49. The Balaban J connectivity index is 1.46. The van der Waals surface area contributed by atoms with Crippen LogP contribution in [0.25, 0.3) is 22.6 Å². The second-order valence-electron chi connectivity index (χ2n) is 16.7. The van der Waals surface area contributed by atoms with Crippen molar-refractivity contribution in [2.75, 3.05) is 58.4 Å². The number of rotatable bonds is 10. The van der Waals surface area contributed by atoms with Gasteiger partial charge in [0.15, 0.2) is 14.1 Å². The zero-order valence-electron chi connectivity index (χ0n) is 34.0. The van der Waals surface area contributed by atoms with Crippen LogP contribution in [0, 0.1) is 20.8 Å². The van der Waals surface area contributed by atoms with Crippen molar-refractivity contribution in [3.63, 3.8) is 0 Å². The van der Waals surface area contributed by atoms with Gasteiger partial charge in [0.1, 0.15) is 29.5 Å². The molecule has 1 aromatic carbocycles. The number of carbonyl (C=O) groups is 2. The molecule has 5 rings (SSSR count). The van der Waals surface area contributed by atoms with Crippen molar-refractivity contribution in [3.8, 4) is 28.4 Å². The third-order valence-electron chi connectivity index (χ3n) is 10.2. The van der Waals surface area contributed by atoms with Gasteiger partial charge in [0.05, 0.1) is 41.7 Å². The number of aromatic nitrogens is 3. The van der Waals surface area contributed by atoms with Crippen LogP contribution in [0.3, 0.4) is 0 Å². The lowest BCUT2D eigenvalue weighted by molar-refractivity contribution is 0.0172. The van der Waals surface area contributed by atoms with E-state index in [1.165, 1.54) is 23.2 Å². The summed E-state index contributed by atoms with van der Waals surface area (Å²) in [5.41, 5.74) is 5.42. The van der Waals surface area contributed by atoms with Crippen molar-refractivity contribution in [1.82, 2.24) is 24.9 Å². The molecule has 0 radical (unpaired) electrons. The Morgan fingerprint density at radius 2 is 1.67 bits per heavy atom. The van der Waals surface area contributed by atoms with Gasteiger partial charge in [-0.05, 0) is 89.0 Å². The molecule has 0 spiro atoms. The highest BCUT2D eigenvalue weighted by atomic mass is 35.5. The minimum Gasteiger partial charge on any atom is -0.491 e. The van der Waals surface area contributed by atoms with Crippen LogP contribution in [-0.2, 0) is 13.9 Å². The number of methoxy groups -OCH3 is 1. The maximum Gasteiger partial charge on any atom is 0.410 e. The highest BCUT2D eigenvalue weighted by molar-refractivity contribution is 6.74. The van der Waals surface area contributed by atoms with Crippen LogP contribution in [0.15, 0.2) is 33.9 Å². The third kappa shape index (κ3) is 9.03. The van der Waals surface area contributed by atoms with E-state index >= 15 is 0 Å². The van der Waals surface area contributed by atoms with Gasteiger partial charge in [-0.1, -0.05) is 37.5 Å². The van der Waals surface area contributed by atoms with E-state index in [2.05, 4.69) is 43.9 Å². The number of aryl methyl sites for hydroxylation is 2. The largest absolute Gasteiger partial charge is 0.491 e. The average Bonchev–Trinajstić information content (AvgIpc) is 3.75. The summed E-state index contributed by atoms with van der Waals surface area (Å²) >= 11 is 6.90. The molecule has 2 aliphatic rings. The first-order valence-electron chi connectivity index (χ1n) is 18.2. The van der Waals surface area contributed by atoms with E-state index in [0.29, 0.717) is 65.5 Å². The van der Waals surface area contributed by atoms with E-state index in [0.717, 1.165) is 16.9 Å². The number of likely N-dealkylation sites (N-methyl/N-ethyl adjacent to an activating group) is 1. The number of hydrogen-bond acceptors (Lipinski definition) is 11. The van der Waals surface area contributed by atoms with E-state index < -0.39 is 26.1 Å². The number of amides is 2. The monoisotopic (exact) mass is 782 g/mol. The molecule has 15 heteroatoms. The molecule has 2 amide bonds. The molecule has 13 nitrogen and oxygen atoms in total. The molecule has 0 fully saturated rings. The first-order valence-corrected chi connectivity index (χ1v) is 21.5. The van der Waals surface area contributed by atoms with Crippen molar-refractivity contribution in [2.24, 2.45) is 0 Å². The fraction of sp³-hybridized carbons (Fsp3) is 0.564. The van der Waals surface area contributed by atoms with Crippen LogP contribution in [-0.4, -0.2) is 111 Å². The molecule has 0 saturated carbocycles. The molecule has 4 heterocycles. The summed E-state index contributed by atoms with van der Waals surface area (Å²) < 4.78 is 29.4. The van der Waals surface area contributed by atoms with Crippen molar-refractivity contribution in [3.05, 3.63) is 51.4 Å². The zero-order valence-corrected chi connectivity index (χ0v) is 35.7. The molecule has 0 bridgehead atoms. The summed E-state index contributed by atoms with van der Waals surface area (Å²) in [6.45, 7) is 24.9. The molecular weight excluding hydrogens is 728 g/mol. The lowest BCUT2D eigenvalue weighted by atomic mass is 10.0. The summed E-state index contributed by atoms with van der Waals surface area (Å²) in [6, 6.07) is 5.42. The van der Waals surface area contributed by atoms with Crippen LogP contribution in [0.2, 0.25) is 23.2 Å². The number of ether oxygens (including phenoxy) is 3. The molecule has 294 valence electrons. The maximum absolute atomic E-state index is 12.9. The molecule has 2 aromatic heterocycles. The lowest BCUT2D eigenvalue weighted by Gasteiger charge is -2.40. The van der Waals surface area contributed by atoms with Crippen molar-refractivity contribution in [2.45, 2.75) is 92.2 Å². The molecule has 0 aliphatic carbocycles. The Labute approximate surface area is 325 Å². The SMILES string of the molecule is COC(=O)N1CC2=C(C1)CN(c1nc(-c3cc(OC[C@@H](CN(C)C(=O)OC(C)(C)C)O[Si](C)(C)C(C)(C)C)ccc3Cl)nc(-c3c(C)noc3C)c1C)C2. The van der Waals surface area contributed by atoms with E-state index in [9.17, 15) is 9.59 Å². The number of nitrogens with zero attached hydrogens (tertiary/aromatic N) is 6. The van der Waals surface area contributed by atoms with Gasteiger partial charge >= 0.3 is 12.2 Å². The molecule has 1 atom stereocenters. The second-order valence-corrected chi connectivity index (χ2v) is 21.9. The molecule has 0 N–H and O–H groups in total. The number of benzene rings is 1. The highest BCUT2D eigenvalue weighted by Gasteiger charge is 2.40. The van der Waals surface area contributed by atoms with Crippen LogP contribution in [0.1, 0.15) is 58.6 Å². The van der Waals surface area contributed by atoms with Gasteiger partial charge in [0.25, 0.3) is 0 Å². The molecule has 0 unspecified atom stereocenters. The predicted octanol–water partition coefficient (Wildman–Crippen LogP) is 8.21. The van der Waals surface area contributed by atoms with Gasteiger partial charge in [-0.25, -0.2) is 19.6 Å². The van der Waals surface area contributed by atoms with E-state index in [1.54, 1.807) is 24.1 Å². The fourth-order valence-electron chi connectivity index (χ4n) is 6.38. The van der Waals surface area contributed by atoms with Crippen molar-refractivity contribution < 1.29 is 32.7 Å². The molecular formula is C39H55ClN6O7Si. The number of carbonyl (C=O) groups excluding carboxylic acids is 2. The summed E-state index contributed by atoms with van der Waals surface area (Å²) in [4.78, 5) is 40.8. The van der Waals surface area contributed by atoms with Gasteiger partial charge in [0.2, 0.25) is 0 Å². The highest BCUT2D eigenvalue weighted by Crippen LogP contribution is 2.40. The predicted molar refractivity (Wildman–Crippen MR) is 212 cm³/mol. The molecule has 54 heavy (non-hydrogen) atoms. The smallest absolute Gasteiger partial charge is 0.410 e. The Morgan fingerprint density at radius 3 is 2.22 bits per heavy atom. The summed E-state index contributed by atoms with van der Waals surface area (Å²) in [5, 5.41) is 4.60. The van der Waals surface area contributed by atoms with Crippen LogP contribution < -0.4 is 9.64 Å². The summed E-state index contributed by atoms with van der Waals surface area (Å²) in [6.07, 6.45) is -1.20. The first-order chi connectivity index (χ1) is 25.1. The number of anilines is 1. The van der Waals surface area contributed by atoms with Crippen LogP contribution in [0.5, 0.6) is 5.75 Å². The topological polar surface area (TPSA) is 133 Å². The molecule has 0 saturated heterocycles. The van der Waals surface area contributed by atoms with E-state index in [4.69, 9.17) is 44.7 Å². The van der Waals surface area contributed by atoms with Crippen molar-refractivity contribution in [1.29, 1.82) is 0 Å². The maximum atomic E-state index is 12.9. The van der Waals surface area contributed by atoms with E-state index in [-0.39, 0.29) is 24.3 Å². The Morgan fingerprint density at radius 1 is 1.02 bits per heavy atom. The Hall–Kier alpha value is -4.14. The van der Waals surface area contributed by atoms with E-state index in [1.807, 2.05) is 47.6 Å². The Bertz CT molecular complexity index is 1900. The minimum atomic E-state index is -2.26. The normalized spacial score (nSPS) is 15.4. The average molecular weight is 783 g/mol. The number of hydrogen-bond donors (Lipinski definition) is 0. The van der Waals surface area contributed by atoms with Gasteiger partial charge in [-0.15, -0.1) is 0 Å². The quantitative estimate of drug-likeness (QED) is 0.146. The summed E-state index contributed by atoms with van der Waals surface area (Å²) in [5.74, 6) is 2.37. The third-order valence-corrected chi connectivity index (χ3v) is 15.1. The fourth-order valence-corrected chi connectivity index (χ4v) is 7.91. The molecule has 2 aliphatic heterocycles. The summed E-state index contributed by atoms with van der Waals surface area (Å²) in [7, 11) is 0.848. The van der Waals surface area contributed by atoms with Crippen LogP contribution in [0.4, 0.5) is 15.4 Å². The first kappa shape index (κ1) is 41.0. The van der Waals surface area contributed by atoms with Crippen LogP contribution >= 0.6 is 11.6 Å². The van der Waals surface area contributed by atoms with Crippen molar-refractivity contribution >= 4 is 37.9 Å². The van der Waals surface area contributed by atoms with Gasteiger partial charge in [-0.3, -0.25) is 0 Å². The Kier molecular flexibility index (Phi) is 11.8.